The fraction of sp³-hybridized carbons (Fsp3) is 0.250. The summed E-state index contributed by atoms with van der Waals surface area (Å²) in [5, 5.41) is 0.873. The molecule has 2 rings (SSSR count). The van der Waals surface area contributed by atoms with E-state index in [0.717, 1.165) is 10.5 Å². The molecule has 0 aliphatic rings. The Balaban J connectivity index is 2.46. The van der Waals surface area contributed by atoms with Gasteiger partial charge in [0.05, 0.1) is 0 Å². The van der Waals surface area contributed by atoms with E-state index in [1.54, 1.807) is 12.1 Å². The molecule has 0 atom stereocenters. The van der Waals surface area contributed by atoms with Gasteiger partial charge in [0.15, 0.2) is 16.8 Å². The molecular formula is C12H6Cl7N3S. The van der Waals surface area contributed by atoms with E-state index >= 15 is 0 Å². The first-order valence-electron chi connectivity index (χ1n) is 5.81. The molecule has 0 unspecified atom stereocenters. The molecule has 1 aromatic carbocycles. The van der Waals surface area contributed by atoms with Gasteiger partial charge in [-0.25, -0.2) is 15.0 Å². The second-order valence-corrected chi connectivity index (χ2v) is 10.3. The molecular weight excluding hydrogens is 466 g/mol. The monoisotopic (exact) mass is 469 g/mol. The van der Waals surface area contributed by atoms with Crippen molar-refractivity contribution in [1.82, 2.24) is 15.0 Å². The minimum atomic E-state index is -1.88. The third-order valence-electron chi connectivity index (χ3n) is 2.46. The van der Waals surface area contributed by atoms with Crippen LogP contribution in [0.25, 0.3) is 0 Å². The van der Waals surface area contributed by atoms with E-state index in [0.29, 0.717) is 5.02 Å². The number of hydrogen-bond donors (Lipinski definition) is 0. The third kappa shape index (κ3) is 5.55. The maximum Gasteiger partial charge on any atom is 0.250 e. The number of benzene rings is 1. The molecule has 0 saturated carbocycles. The SMILES string of the molecule is Cc1cc(Sc2nc(C(Cl)(Cl)Cl)nc(C(Cl)(Cl)Cl)n2)ccc1Cl. The third-order valence-corrected chi connectivity index (χ3v) is 4.75. The number of aromatic nitrogens is 3. The fourth-order valence-corrected chi connectivity index (χ4v) is 2.91. The Morgan fingerprint density at radius 3 is 1.83 bits per heavy atom. The van der Waals surface area contributed by atoms with Crippen molar-refractivity contribution in [3.8, 4) is 0 Å². The van der Waals surface area contributed by atoms with Crippen LogP contribution in [0.1, 0.15) is 17.2 Å². The Hall–Kier alpha value is 0.610. The number of rotatable bonds is 2. The lowest BCUT2D eigenvalue weighted by atomic mass is 10.2. The highest BCUT2D eigenvalue weighted by Crippen LogP contribution is 2.41. The summed E-state index contributed by atoms with van der Waals surface area (Å²) in [5.41, 5.74) is 0.897. The maximum atomic E-state index is 6.00. The summed E-state index contributed by atoms with van der Waals surface area (Å²) in [4.78, 5) is 12.9. The highest BCUT2D eigenvalue weighted by atomic mass is 35.6. The number of halogens is 7. The number of nitrogens with zero attached hydrogens (tertiary/aromatic N) is 3. The molecule has 3 nitrogen and oxygen atoms in total. The summed E-state index contributed by atoms with van der Waals surface area (Å²) < 4.78 is -3.75. The highest BCUT2D eigenvalue weighted by Gasteiger charge is 2.33. The molecule has 0 aliphatic heterocycles. The van der Waals surface area contributed by atoms with Gasteiger partial charge in [0, 0.05) is 9.92 Å². The van der Waals surface area contributed by atoms with Gasteiger partial charge in [-0.3, -0.25) is 0 Å². The van der Waals surface area contributed by atoms with Crippen LogP contribution in [0.3, 0.4) is 0 Å². The zero-order valence-electron chi connectivity index (χ0n) is 11.1. The minimum Gasteiger partial charge on any atom is -0.209 e. The number of hydrogen-bond acceptors (Lipinski definition) is 4. The molecule has 0 bridgehead atoms. The fourth-order valence-electron chi connectivity index (χ4n) is 1.44. The van der Waals surface area contributed by atoms with Crippen LogP contribution < -0.4 is 0 Å². The summed E-state index contributed by atoms with van der Waals surface area (Å²) in [6, 6.07) is 5.42. The zero-order chi connectivity index (χ0) is 17.4. The number of aryl methyl sites for hydroxylation is 1. The Morgan fingerprint density at radius 2 is 1.39 bits per heavy atom. The molecule has 0 saturated heterocycles. The van der Waals surface area contributed by atoms with Gasteiger partial charge in [-0.15, -0.1) is 0 Å². The topological polar surface area (TPSA) is 38.7 Å². The predicted octanol–water partition coefficient (Wildman–Crippen LogP) is 6.64. The molecule has 11 heteroatoms. The van der Waals surface area contributed by atoms with Crippen LogP contribution in [0.15, 0.2) is 28.3 Å². The van der Waals surface area contributed by atoms with E-state index in [-0.39, 0.29) is 16.8 Å². The summed E-state index contributed by atoms with van der Waals surface area (Å²) in [6.07, 6.45) is 0. The normalized spacial score (nSPS) is 12.5. The van der Waals surface area contributed by atoms with Crippen molar-refractivity contribution >= 4 is 93.0 Å². The van der Waals surface area contributed by atoms with Crippen LogP contribution in [0.4, 0.5) is 0 Å². The van der Waals surface area contributed by atoms with Crippen molar-refractivity contribution < 1.29 is 0 Å². The van der Waals surface area contributed by atoms with Gasteiger partial charge in [0.2, 0.25) is 7.59 Å². The van der Waals surface area contributed by atoms with Gasteiger partial charge in [-0.1, -0.05) is 81.2 Å². The van der Waals surface area contributed by atoms with Crippen molar-refractivity contribution in [2.24, 2.45) is 0 Å². The zero-order valence-corrected chi connectivity index (χ0v) is 17.2. The van der Waals surface area contributed by atoms with Gasteiger partial charge >= 0.3 is 0 Å². The minimum absolute atomic E-state index is 0.132. The smallest absolute Gasteiger partial charge is 0.209 e. The van der Waals surface area contributed by atoms with Crippen LogP contribution in [-0.4, -0.2) is 15.0 Å². The molecule has 0 amide bonds. The van der Waals surface area contributed by atoms with Crippen molar-refractivity contribution in [1.29, 1.82) is 0 Å². The standard InChI is InChI=1S/C12H6Cl7N3S/c1-5-4-6(2-3-7(5)13)23-10-21-8(11(14,15)16)20-9(22-10)12(17,18)19/h2-4H,1H3. The first-order chi connectivity index (χ1) is 10.5. The first-order valence-corrected chi connectivity index (χ1v) is 9.27. The molecule has 1 heterocycles. The lowest BCUT2D eigenvalue weighted by Crippen LogP contribution is -2.16. The van der Waals surface area contributed by atoms with Crippen molar-refractivity contribution in [3.05, 3.63) is 40.4 Å². The van der Waals surface area contributed by atoms with Crippen LogP contribution in [0.5, 0.6) is 0 Å². The van der Waals surface area contributed by atoms with E-state index in [1.165, 1.54) is 11.8 Å². The Bertz CT molecular complexity index is 695. The van der Waals surface area contributed by atoms with Crippen LogP contribution in [0.2, 0.25) is 5.02 Å². The Labute approximate surface area is 171 Å². The van der Waals surface area contributed by atoms with Crippen molar-refractivity contribution in [3.63, 3.8) is 0 Å². The van der Waals surface area contributed by atoms with Gasteiger partial charge in [-0.05, 0) is 42.4 Å². The van der Waals surface area contributed by atoms with Gasteiger partial charge in [0.25, 0.3) is 0 Å². The molecule has 23 heavy (non-hydrogen) atoms. The number of alkyl halides is 6. The Kier molecular flexibility index (Phi) is 6.47. The second-order valence-electron chi connectivity index (χ2n) is 4.27. The second kappa shape index (κ2) is 7.46. The quantitative estimate of drug-likeness (QED) is 0.460. The summed E-state index contributed by atoms with van der Waals surface area (Å²) >= 11 is 42.1. The van der Waals surface area contributed by atoms with Crippen molar-refractivity contribution in [2.45, 2.75) is 24.6 Å². The average Bonchev–Trinajstić information content (AvgIpc) is 2.41. The maximum absolute atomic E-state index is 6.00. The average molecular weight is 472 g/mol. The van der Waals surface area contributed by atoms with Crippen LogP contribution in [-0.2, 0) is 7.59 Å². The van der Waals surface area contributed by atoms with Gasteiger partial charge < -0.3 is 0 Å². The Morgan fingerprint density at radius 1 is 0.870 bits per heavy atom. The molecule has 0 fully saturated rings. The lowest BCUT2D eigenvalue weighted by Gasteiger charge is -2.15. The van der Waals surface area contributed by atoms with Crippen molar-refractivity contribution in [2.75, 3.05) is 0 Å². The van der Waals surface area contributed by atoms with Gasteiger partial charge in [0.1, 0.15) is 0 Å². The van der Waals surface area contributed by atoms with Gasteiger partial charge in [-0.2, -0.15) is 0 Å². The van der Waals surface area contributed by atoms with E-state index in [2.05, 4.69) is 15.0 Å². The van der Waals surface area contributed by atoms with E-state index in [1.807, 2.05) is 13.0 Å². The molecule has 2 aromatic rings. The van der Waals surface area contributed by atoms with E-state index in [4.69, 9.17) is 81.2 Å². The molecule has 0 aliphatic carbocycles. The summed E-state index contributed by atoms with van der Waals surface area (Å²) in [5.74, 6) is -0.265. The van der Waals surface area contributed by atoms with E-state index in [9.17, 15) is 0 Å². The van der Waals surface area contributed by atoms with Crippen LogP contribution >= 0.6 is 93.0 Å². The first kappa shape index (κ1) is 19.9. The highest BCUT2D eigenvalue weighted by molar-refractivity contribution is 7.99. The largest absolute Gasteiger partial charge is 0.250 e. The molecule has 0 spiro atoms. The molecule has 1 aromatic heterocycles. The lowest BCUT2D eigenvalue weighted by molar-refractivity contribution is 0.768. The predicted molar refractivity (Wildman–Crippen MR) is 98.6 cm³/mol. The molecule has 0 radical (unpaired) electrons. The van der Waals surface area contributed by atoms with Crippen LogP contribution in [0, 0.1) is 6.92 Å². The summed E-state index contributed by atoms with van der Waals surface area (Å²) in [7, 11) is 0. The molecule has 124 valence electrons. The van der Waals surface area contributed by atoms with E-state index < -0.39 is 7.59 Å². The molecule has 0 N–H and O–H groups in total. The summed E-state index contributed by atoms with van der Waals surface area (Å²) in [6.45, 7) is 1.87.